The number of nitrogens with one attached hydrogen (secondary N) is 2. The van der Waals surface area contributed by atoms with Crippen molar-refractivity contribution in [3.63, 3.8) is 0 Å². The van der Waals surface area contributed by atoms with Crippen LogP contribution in [0, 0.1) is 0 Å². The first-order valence-corrected chi connectivity index (χ1v) is 11.4. The van der Waals surface area contributed by atoms with Crippen molar-refractivity contribution >= 4 is 23.5 Å². The highest BCUT2D eigenvalue weighted by atomic mass is 16.2. The molecule has 2 fully saturated rings. The number of piperidine rings is 1. The number of aromatic nitrogens is 1. The maximum atomic E-state index is 13.0. The Morgan fingerprint density at radius 2 is 1.67 bits per heavy atom. The molecule has 33 heavy (non-hydrogen) atoms. The Hall–Kier alpha value is -3.62. The Morgan fingerprint density at radius 1 is 0.970 bits per heavy atom. The van der Waals surface area contributed by atoms with Crippen molar-refractivity contribution in [1.29, 1.82) is 0 Å². The van der Waals surface area contributed by atoms with Crippen LogP contribution in [-0.2, 0) is 6.54 Å². The highest BCUT2D eigenvalue weighted by Crippen LogP contribution is 2.21. The fourth-order valence-electron chi connectivity index (χ4n) is 4.31. The number of nitrogens with zero attached hydrogens (tertiary/aromatic N) is 3. The third-order valence-electron chi connectivity index (χ3n) is 6.25. The number of anilines is 1. The molecule has 0 spiro atoms. The van der Waals surface area contributed by atoms with Crippen LogP contribution < -0.4 is 21.3 Å². The number of nitrogens with two attached hydrogens (primary N) is 1. The summed E-state index contributed by atoms with van der Waals surface area (Å²) in [5.74, 6) is -0.488. The van der Waals surface area contributed by atoms with Gasteiger partial charge >= 0.3 is 6.03 Å². The van der Waals surface area contributed by atoms with Gasteiger partial charge in [0.05, 0.1) is 17.4 Å². The van der Waals surface area contributed by atoms with Crippen LogP contribution in [0.5, 0.6) is 0 Å². The summed E-state index contributed by atoms with van der Waals surface area (Å²) in [6.45, 7) is 3.55. The predicted molar refractivity (Wildman–Crippen MR) is 125 cm³/mol. The van der Waals surface area contributed by atoms with Crippen LogP contribution in [0.2, 0.25) is 0 Å². The van der Waals surface area contributed by atoms with E-state index in [0.717, 1.165) is 24.3 Å². The molecule has 0 bridgehead atoms. The second-order valence-electron chi connectivity index (χ2n) is 8.58. The molecule has 174 valence electrons. The number of pyridine rings is 1. The molecule has 0 saturated carbocycles. The predicted octanol–water partition coefficient (Wildman–Crippen LogP) is 1.88. The first-order valence-electron chi connectivity index (χ1n) is 11.4. The van der Waals surface area contributed by atoms with E-state index >= 15 is 0 Å². The molecule has 3 heterocycles. The molecule has 4 rings (SSSR count). The summed E-state index contributed by atoms with van der Waals surface area (Å²) in [5.41, 5.74) is 8.17. The summed E-state index contributed by atoms with van der Waals surface area (Å²) in [4.78, 5) is 44.7. The van der Waals surface area contributed by atoms with Gasteiger partial charge in [0.25, 0.3) is 5.91 Å². The average molecular weight is 451 g/mol. The lowest BCUT2D eigenvalue weighted by molar-refractivity contribution is 0.0707. The van der Waals surface area contributed by atoms with Crippen LogP contribution in [0.25, 0.3) is 0 Å². The molecule has 0 aliphatic carbocycles. The van der Waals surface area contributed by atoms with Gasteiger partial charge in [0, 0.05) is 50.5 Å². The summed E-state index contributed by atoms with van der Waals surface area (Å²) < 4.78 is 0. The molecule has 2 aromatic rings. The minimum atomic E-state index is -0.479. The number of urea groups is 1. The molecule has 0 atom stereocenters. The number of hydrogen-bond donors (Lipinski definition) is 3. The Morgan fingerprint density at radius 3 is 2.33 bits per heavy atom. The first kappa shape index (κ1) is 22.6. The minimum Gasteiger partial charge on any atom is -0.370 e. The summed E-state index contributed by atoms with van der Waals surface area (Å²) in [6.07, 6.45) is 7.21. The molecular formula is C24H30N6O3. The number of primary amides is 1. The van der Waals surface area contributed by atoms with Gasteiger partial charge in [0.2, 0.25) is 5.91 Å². The summed E-state index contributed by atoms with van der Waals surface area (Å²) in [7, 11) is 0. The molecule has 2 aliphatic rings. The van der Waals surface area contributed by atoms with E-state index in [0.29, 0.717) is 43.6 Å². The Balaban J connectivity index is 1.22. The third kappa shape index (κ3) is 5.79. The van der Waals surface area contributed by atoms with Crippen molar-refractivity contribution in [2.24, 2.45) is 5.73 Å². The zero-order chi connectivity index (χ0) is 23.2. The van der Waals surface area contributed by atoms with Gasteiger partial charge < -0.3 is 26.2 Å². The van der Waals surface area contributed by atoms with Gasteiger partial charge in [-0.05, 0) is 49.4 Å². The van der Waals surface area contributed by atoms with E-state index in [9.17, 15) is 14.4 Å². The normalized spacial score (nSPS) is 16.5. The molecule has 0 unspecified atom stereocenters. The number of rotatable bonds is 6. The molecular weight excluding hydrogens is 420 g/mol. The SMILES string of the molecule is NC(=O)c1ccc(CNC(=O)NC2CCN(C(=O)c3cncc(N4CCCC4)c3)CC2)cc1. The maximum Gasteiger partial charge on any atom is 0.315 e. The van der Waals surface area contributed by atoms with Crippen molar-refractivity contribution in [2.75, 3.05) is 31.1 Å². The van der Waals surface area contributed by atoms with E-state index in [2.05, 4.69) is 20.5 Å². The quantitative estimate of drug-likeness (QED) is 0.621. The smallest absolute Gasteiger partial charge is 0.315 e. The van der Waals surface area contributed by atoms with Crippen molar-refractivity contribution in [2.45, 2.75) is 38.3 Å². The molecule has 2 aliphatic heterocycles. The number of benzene rings is 1. The lowest BCUT2D eigenvalue weighted by atomic mass is 10.0. The zero-order valence-electron chi connectivity index (χ0n) is 18.6. The van der Waals surface area contributed by atoms with E-state index in [1.165, 1.54) is 12.8 Å². The molecule has 1 aromatic carbocycles. The van der Waals surface area contributed by atoms with Crippen LogP contribution in [0.3, 0.4) is 0 Å². The number of hydrogen-bond acceptors (Lipinski definition) is 5. The van der Waals surface area contributed by atoms with E-state index in [1.807, 2.05) is 17.2 Å². The van der Waals surface area contributed by atoms with Gasteiger partial charge in [0.15, 0.2) is 0 Å². The van der Waals surface area contributed by atoms with Gasteiger partial charge in [-0.3, -0.25) is 14.6 Å². The lowest BCUT2D eigenvalue weighted by Gasteiger charge is -2.32. The Labute approximate surface area is 193 Å². The van der Waals surface area contributed by atoms with Crippen LogP contribution >= 0.6 is 0 Å². The molecule has 1 aromatic heterocycles. The van der Waals surface area contributed by atoms with Crippen LogP contribution in [0.1, 0.15) is 52.0 Å². The summed E-state index contributed by atoms with van der Waals surface area (Å²) >= 11 is 0. The standard InChI is InChI=1S/C24H30N6O3/c25-22(31)18-5-3-17(4-6-18)14-27-24(33)28-20-7-11-30(12-8-20)23(32)19-13-21(16-26-15-19)29-9-1-2-10-29/h3-6,13,15-16,20H,1-2,7-12,14H2,(H2,25,31)(H2,27,28,33). The van der Waals surface area contributed by atoms with Gasteiger partial charge in [-0.25, -0.2) is 4.79 Å². The lowest BCUT2D eigenvalue weighted by Crippen LogP contribution is -2.49. The monoisotopic (exact) mass is 450 g/mol. The molecule has 4 amide bonds. The second-order valence-corrected chi connectivity index (χ2v) is 8.58. The van der Waals surface area contributed by atoms with Gasteiger partial charge in [-0.1, -0.05) is 12.1 Å². The summed E-state index contributed by atoms with van der Waals surface area (Å²) in [5, 5.41) is 5.81. The maximum absolute atomic E-state index is 13.0. The molecule has 0 radical (unpaired) electrons. The number of carbonyl (C=O) groups is 3. The van der Waals surface area contributed by atoms with Crippen LogP contribution in [-0.4, -0.2) is 60.0 Å². The van der Waals surface area contributed by atoms with E-state index in [1.54, 1.807) is 30.5 Å². The third-order valence-corrected chi connectivity index (χ3v) is 6.25. The fraction of sp³-hybridized carbons (Fsp3) is 0.417. The molecule has 4 N–H and O–H groups in total. The van der Waals surface area contributed by atoms with Gasteiger partial charge in [0.1, 0.15) is 0 Å². The largest absolute Gasteiger partial charge is 0.370 e. The molecule has 2 saturated heterocycles. The minimum absolute atomic E-state index is 0.00847. The number of amides is 4. The summed E-state index contributed by atoms with van der Waals surface area (Å²) in [6, 6.07) is 8.51. The van der Waals surface area contributed by atoms with Crippen molar-refractivity contribution in [3.8, 4) is 0 Å². The van der Waals surface area contributed by atoms with Crippen molar-refractivity contribution in [1.82, 2.24) is 20.5 Å². The number of carbonyl (C=O) groups excluding carboxylic acids is 3. The van der Waals surface area contributed by atoms with E-state index in [4.69, 9.17) is 5.73 Å². The highest BCUT2D eigenvalue weighted by molar-refractivity contribution is 5.95. The second kappa shape index (κ2) is 10.3. The number of likely N-dealkylation sites (tertiary alicyclic amines) is 1. The average Bonchev–Trinajstić information content (AvgIpc) is 3.38. The van der Waals surface area contributed by atoms with E-state index in [-0.39, 0.29) is 18.0 Å². The fourth-order valence-corrected chi connectivity index (χ4v) is 4.31. The van der Waals surface area contributed by atoms with Gasteiger partial charge in [-0.15, -0.1) is 0 Å². The highest BCUT2D eigenvalue weighted by Gasteiger charge is 2.25. The van der Waals surface area contributed by atoms with Gasteiger partial charge in [-0.2, -0.15) is 0 Å². The van der Waals surface area contributed by atoms with Crippen LogP contribution in [0.15, 0.2) is 42.7 Å². The first-order chi connectivity index (χ1) is 16.0. The molecule has 9 nitrogen and oxygen atoms in total. The Kier molecular flexibility index (Phi) is 7.07. The van der Waals surface area contributed by atoms with Crippen molar-refractivity contribution < 1.29 is 14.4 Å². The molecule has 9 heteroatoms. The van der Waals surface area contributed by atoms with E-state index < -0.39 is 5.91 Å². The van der Waals surface area contributed by atoms with Crippen LogP contribution in [0.4, 0.5) is 10.5 Å². The zero-order valence-corrected chi connectivity index (χ0v) is 18.6. The van der Waals surface area contributed by atoms with Crippen molar-refractivity contribution in [3.05, 3.63) is 59.4 Å². The topological polar surface area (TPSA) is 121 Å². The Bertz CT molecular complexity index is 996.